The molecule has 1 aliphatic heterocycles. The van der Waals surface area contributed by atoms with Gasteiger partial charge in [-0.15, -0.1) is 0 Å². The lowest BCUT2D eigenvalue weighted by atomic mass is 10.3. The summed E-state index contributed by atoms with van der Waals surface area (Å²) in [6.45, 7) is 9.79. The second-order valence-electron chi connectivity index (χ2n) is 3.22. The number of piperazine rings is 1. The SMILES string of the molecule is CCCN(CC)C1CNCC[N]1. The molecule has 3 nitrogen and oxygen atoms in total. The molecule has 1 rings (SSSR count). The molecular weight excluding hydrogens is 150 g/mol. The van der Waals surface area contributed by atoms with Crippen molar-refractivity contribution in [3.63, 3.8) is 0 Å². The molecule has 71 valence electrons. The maximum Gasteiger partial charge on any atom is 0.0887 e. The summed E-state index contributed by atoms with van der Waals surface area (Å²) in [6, 6.07) is 0. The quantitative estimate of drug-likeness (QED) is 0.655. The highest BCUT2D eigenvalue weighted by Crippen LogP contribution is 2.00. The number of nitrogens with zero attached hydrogens (tertiary/aromatic N) is 2. The summed E-state index contributed by atoms with van der Waals surface area (Å²) in [7, 11) is 0. The molecule has 0 aliphatic carbocycles. The van der Waals surface area contributed by atoms with Crippen molar-refractivity contribution in [2.24, 2.45) is 0 Å². The Hall–Kier alpha value is -0.120. The Morgan fingerprint density at radius 2 is 2.33 bits per heavy atom. The van der Waals surface area contributed by atoms with Crippen molar-refractivity contribution in [3.8, 4) is 0 Å². The fraction of sp³-hybridized carbons (Fsp3) is 1.00. The lowest BCUT2D eigenvalue weighted by molar-refractivity contribution is 0.151. The first-order valence-electron chi connectivity index (χ1n) is 4.99. The second-order valence-corrected chi connectivity index (χ2v) is 3.22. The molecule has 1 saturated heterocycles. The average molecular weight is 170 g/mol. The second kappa shape index (κ2) is 5.51. The fourth-order valence-corrected chi connectivity index (χ4v) is 1.64. The Balaban J connectivity index is 2.29. The third kappa shape index (κ3) is 2.73. The van der Waals surface area contributed by atoms with E-state index in [0.29, 0.717) is 6.17 Å². The summed E-state index contributed by atoms with van der Waals surface area (Å²) >= 11 is 0. The zero-order valence-electron chi connectivity index (χ0n) is 8.21. The molecule has 1 heterocycles. The lowest BCUT2D eigenvalue weighted by Crippen LogP contribution is -2.53. The van der Waals surface area contributed by atoms with E-state index in [1.54, 1.807) is 0 Å². The summed E-state index contributed by atoms with van der Waals surface area (Å²) < 4.78 is 0. The zero-order chi connectivity index (χ0) is 8.81. The Bertz CT molecular complexity index is 108. The van der Waals surface area contributed by atoms with Gasteiger partial charge in [0.05, 0.1) is 6.17 Å². The molecule has 12 heavy (non-hydrogen) atoms. The van der Waals surface area contributed by atoms with Crippen LogP contribution in [0.3, 0.4) is 0 Å². The van der Waals surface area contributed by atoms with Crippen molar-refractivity contribution in [2.75, 3.05) is 32.7 Å². The molecule has 0 aromatic heterocycles. The zero-order valence-corrected chi connectivity index (χ0v) is 8.21. The molecule has 0 aromatic rings. The average Bonchev–Trinajstić information content (AvgIpc) is 2.15. The van der Waals surface area contributed by atoms with Crippen LogP contribution in [0.4, 0.5) is 0 Å². The Labute approximate surface area is 75.5 Å². The van der Waals surface area contributed by atoms with E-state index in [1.807, 2.05) is 0 Å². The molecule has 1 radical (unpaired) electrons. The normalized spacial score (nSPS) is 24.8. The molecule has 3 heteroatoms. The minimum absolute atomic E-state index is 0.434. The monoisotopic (exact) mass is 170 g/mol. The van der Waals surface area contributed by atoms with E-state index in [9.17, 15) is 0 Å². The van der Waals surface area contributed by atoms with Gasteiger partial charge in [-0.05, 0) is 19.5 Å². The standard InChI is InChI=1S/C9H20N3/c1-3-7-12(4-2)9-8-10-5-6-11-9/h9-10H,3-8H2,1-2H3. The van der Waals surface area contributed by atoms with Crippen LogP contribution < -0.4 is 10.6 Å². The van der Waals surface area contributed by atoms with Gasteiger partial charge in [-0.3, -0.25) is 4.90 Å². The van der Waals surface area contributed by atoms with E-state index in [2.05, 4.69) is 29.4 Å². The van der Waals surface area contributed by atoms with Gasteiger partial charge in [-0.2, -0.15) is 0 Å². The van der Waals surface area contributed by atoms with Crippen LogP contribution >= 0.6 is 0 Å². The summed E-state index contributed by atoms with van der Waals surface area (Å²) in [5.74, 6) is 0. The van der Waals surface area contributed by atoms with Crippen molar-refractivity contribution in [2.45, 2.75) is 26.4 Å². The highest BCUT2D eigenvalue weighted by molar-refractivity contribution is 4.75. The van der Waals surface area contributed by atoms with Crippen LogP contribution in [0.2, 0.25) is 0 Å². The maximum absolute atomic E-state index is 4.58. The van der Waals surface area contributed by atoms with Gasteiger partial charge in [0.15, 0.2) is 0 Å². The van der Waals surface area contributed by atoms with Crippen molar-refractivity contribution in [3.05, 3.63) is 0 Å². The molecule has 1 aliphatic rings. The van der Waals surface area contributed by atoms with Gasteiger partial charge >= 0.3 is 0 Å². The van der Waals surface area contributed by atoms with Crippen LogP contribution in [-0.4, -0.2) is 43.8 Å². The summed E-state index contributed by atoms with van der Waals surface area (Å²) in [5.41, 5.74) is 0. The first kappa shape index (κ1) is 9.96. The van der Waals surface area contributed by atoms with Gasteiger partial charge in [-0.1, -0.05) is 13.8 Å². The van der Waals surface area contributed by atoms with Crippen LogP contribution in [0.1, 0.15) is 20.3 Å². The molecule has 0 bridgehead atoms. The minimum Gasteiger partial charge on any atom is -0.312 e. The Kier molecular flexibility index (Phi) is 4.58. The van der Waals surface area contributed by atoms with E-state index in [4.69, 9.17) is 0 Å². The third-order valence-corrected chi connectivity index (χ3v) is 2.29. The van der Waals surface area contributed by atoms with Crippen molar-refractivity contribution < 1.29 is 0 Å². The van der Waals surface area contributed by atoms with Gasteiger partial charge in [0.2, 0.25) is 0 Å². The highest BCUT2D eigenvalue weighted by atomic mass is 15.3. The molecule has 0 aromatic carbocycles. The third-order valence-electron chi connectivity index (χ3n) is 2.29. The summed E-state index contributed by atoms with van der Waals surface area (Å²) in [5, 5.41) is 7.96. The van der Waals surface area contributed by atoms with E-state index >= 15 is 0 Å². The summed E-state index contributed by atoms with van der Waals surface area (Å²) in [4.78, 5) is 2.44. The van der Waals surface area contributed by atoms with Crippen LogP contribution in [0.5, 0.6) is 0 Å². The number of rotatable bonds is 4. The topological polar surface area (TPSA) is 29.4 Å². The molecular formula is C9H20N3. The van der Waals surface area contributed by atoms with Crippen LogP contribution in [0.15, 0.2) is 0 Å². The molecule has 1 N–H and O–H groups in total. The summed E-state index contributed by atoms with van der Waals surface area (Å²) in [6.07, 6.45) is 1.66. The van der Waals surface area contributed by atoms with Gasteiger partial charge in [-0.25, -0.2) is 5.32 Å². The predicted octanol–water partition coefficient (Wildman–Crippen LogP) is 0.252. The first-order chi connectivity index (χ1) is 5.88. The molecule has 0 amide bonds. The van der Waals surface area contributed by atoms with E-state index in [-0.39, 0.29) is 0 Å². The van der Waals surface area contributed by atoms with Crippen molar-refractivity contribution in [1.82, 2.24) is 15.5 Å². The van der Waals surface area contributed by atoms with Crippen molar-refractivity contribution in [1.29, 1.82) is 0 Å². The van der Waals surface area contributed by atoms with Gasteiger partial charge in [0.25, 0.3) is 0 Å². The van der Waals surface area contributed by atoms with Crippen LogP contribution in [0, 0.1) is 0 Å². The number of hydrogen-bond donors (Lipinski definition) is 1. The van der Waals surface area contributed by atoms with Crippen LogP contribution in [-0.2, 0) is 0 Å². The van der Waals surface area contributed by atoms with Gasteiger partial charge in [0.1, 0.15) is 0 Å². The molecule has 1 unspecified atom stereocenters. The highest BCUT2D eigenvalue weighted by Gasteiger charge is 2.18. The number of nitrogens with one attached hydrogen (secondary N) is 1. The number of hydrogen-bond acceptors (Lipinski definition) is 2. The van der Waals surface area contributed by atoms with Crippen LogP contribution in [0.25, 0.3) is 0 Å². The lowest BCUT2D eigenvalue weighted by Gasteiger charge is -2.33. The van der Waals surface area contributed by atoms with Gasteiger partial charge < -0.3 is 5.32 Å². The molecule has 0 saturated carbocycles. The van der Waals surface area contributed by atoms with Gasteiger partial charge in [0, 0.05) is 19.6 Å². The maximum atomic E-state index is 4.58. The Morgan fingerprint density at radius 3 is 2.83 bits per heavy atom. The Morgan fingerprint density at radius 1 is 1.50 bits per heavy atom. The largest absolute Gasteiger partial charge is 0.312 e. The minimum atomic E-state index is 0.434. The van der Waals surface area contributed by atoms with E-state index in [1.165, 1.54) is 13.0 Å². The molecule has 1 atom stereocenters. The van der Waals surface area contributed by atoms with E-state index in [0.717, 1.165) is 26.2 Å². The first-order valence-corrected chi connectivity index (χ1v) is 4.99. The smallest absolute Gasteiger partial charge is 0.0887 e. The van der Waals surface area contributed by atoms with E-state index < -0.39 is 0 Å². The fourth-order valence-electron chi connectivity index (χ4n) is 1.64. The predicted molar refractivity (Wildman–Crippen MR) is 51.2 cm³/mol. The number of likely N-dealkylation sites (N-methyl/N-ethyl adjacent to an activating group) is 1. The molecule has 1 fully saturated rings. The molecule has 0 spiro atoms. The van der Waals surface area contributed by atoms with Crippen molar-refractivity contribution >= 4 is 0 Å².